The van der Waals surface area contributed by atoms with Gasteiger partial charge in [0.2, 0.25) is 0 Å². The highest BCUT2D eigenvalue weighted by atomic mass is 32.1. The monoisotopic (exact) mass is 288 g/mol. The maximum Gasteiger partial charge on any atom is 0.0436 e. The summed E-state index contributed by atoms with van der Waals surface area (Å²) in [5.41, 5.74) is 1.32. The van der Waals surface area contributed by atoms with Crippen LogP contribution in [0.2, 0.25) is 0 Å². The Hall–Kier alpha value is -2.12. The molecule has 0 N–H and O–H groups in total. The summed E-state index contributed by atoms with van der Waals surface area (Å²) in [6, 6.07) is 17.5. The molecule has 0 amide bonds. The molecule has 0 saturated heterocycles. The highest BCUT2D eigenvalue weighted by Crippen LogP contribution is 2.42. The van der Waals surface area contributed by atoms with Crippen LogP contribution in [0.25, 0.3) is 37.7 Å². The topological polar surface area (TPSA) is 0 Å². The number of benzene rings is 3. The maximum atomic E-state index is 4.06. The summed E-state index contributed by atoms with van der Waals surface area (Å²) >= 11 is 1.92. The van der Waals surface area contributed by atoms with Gasteiger partial charge in [-0.05, 0) is 28.1 Å². The van der Waals surface area contributed by atoms with Crippen LogP contribution >= 0.6 is 11.3 Å². The minimum absolute atomic E-state index is 1.06. The first-order chi connectivity index (χ1) is 10.3. The highest BCUT2D eigenvalue weighted by molar-refractivity contribution is 7.20. The molecule has 0 aliphatic carbocycles. The molecule has 0 bridgehead atoms. The molecule has 102 valence electrons. The number of fused-ring (bicyclic) bond motifs is 6. The second kappa shape index (κ2) is 4.71. The van der Waals surface area contributed by atoms with Gasteiger partial charge in [0, 0.05) is 20.3 Å². The van der Waals surface area contributed by atoms with Crippen molar-refractivity contribution in [1.29, 1.82) is 0 Å². The molecule has 0 nitrogen and oxygen atoms in total. The Morgan fingerprint density at radius 1 is 0.905 bits per heavy atom. The van der Waals surface area contributed by atoms with E-state index in [9.17, 15) is 0 Å². The molecule has 0 unspecified atom stereocenters. The standard InChI is InChI=1S/C20H16S/c1-3-13-18(4-2)21-20-17-12-8-6-10-15(17)14-9-5-7-11-16(14)19(13)20/h3,5-12H,1,4H2,2H3. The van der Waals surface area contributed by atoms with E-state index >= 15 is 0 Å². The normalized spacial score (nSPS) is 11.5. The van der Waals surface area contributed by atoms with Gasteiger partial charge < -0.3 is 0 Å². The van der Waals surface area contributed by atoms with E-state index in [-0.39, 0.29) is 0 Å². The first kappa shape index (κ1) is 12.6. The molecule has 0 spiro atoms. The molecule has 0 aliphatic heterocycles. The van der Waals surface area contributed by atoms with E-state index in [1.165, 1.54) is 42.1 Å². The molecule has 1 aromatic heterocycles. The predicted molar refractivity (Wildman–Crippen MR) is 96.3 cm³/mol. The molecular formula is C20H16S. The lowest BCUT2D eigenvalue weighted by atomic mass is 9.96. The molecule has 0 atom stereocenters. The van der Waals surface area contributed by atoms with E-state index in [0.29, 0.717) is 0 Å². The van der Waals surface area contributed by atoms with Crippen molar-refractivity contribution < 1.29 is 0 Å². The summed E-state index contributed by atoms with van der Waals surface area (Å²) in [6.07, 6.45) is 3.09. The molecule has 0 radical (unpaired) electrons. The third-order valence-corrected chi connectivity index (χ3v) is 5.59. The van der Waals surface area contributed by atoms with Gasteiger partial charge in [0.25, 0.3) is 0 Å². The molecule has 0 aliphatic rings. The van der Waals surface area contributed by atoms with Gasteiger partial charge >= 0.3 is 0 Å². The summed E-state index contributed by atoms with van der Waals surface area (Å²) in [7, 11) is 0. The molecule has 4 aromatic rings. The fraction of sp³-hybridized carbons (Fsp3) is 0.100. The first-order valence-electron chi connectivity index (χ1n) is 7.32. The van der Waals surface area contributed by atoms with Crippen LogP contribution in [0.15, 0.2) is 55.1 Å². The van der Waals surface area contributed by atoms with Gasteiger partial charge in [0.15, 0.2) is 0 Å². The minimum Gasteiger partial charge on any atom is -0.139 e. The van der Waals surface area contributed by atoms with E-state index in [4.69, 9.17) is 0 Å². The van der Waals surface area contributed by atoms with E-state index < -0.39 is 0 Å². The van der Waals surface area contributed by atoms with Gasteiger partial charge in [-0.25, -0.2) is 0 Å². The SMILES string of the molecule is C=Cc1c(CC)sc2c3ccccc3c3ccccc3c12. The lowest BCUT2D eigenvalue weighted by Gasteiger charge is -2.07. The largest absolute Gasteiger partial charge is 0.139 e. The van der Waals surface area contributed by atoms with Crippen molar-refractivity contribution in [3.05, 3.63) is 65.6 Å². The Morgan fingerprint density at radius 2 is 1.48 bits per heavy atom. The van der Waals surface area contributed by atoms with Gasteiger partial charge in [0.1, 0.15) is 0 Å². The molecular weight excluding hydrogens is 272 g/mol. The van der Waals surface area contributed by atoms with E-state index in [0.717, 1.165) is 6.42 Å². The zero-order valence-electron chi connectivity index (χ0n) is 12.0. The van der Waals surface area contributed by atoms with Crippen LogP contribution in [0.4, 0.5) is 0 Å². The Kier molecular flexibility index (Phi) is 2.83. The van der Waals surface area contributed by atoms with Crippen molar-refractivity contribution in [3.8, 4) is 0 Å². The Morgan fingerprint density at radius 3 is 2.10 bits per heavy atom. The van der Waals surface area contributed by atoms with E-state index in [2.05, 4.69) is 62.0 Å². The fourth-order valence-electron chi connectivity index (χ4n) is 3.28. The molecule has 0 fully saturated rings. The third-order valence-electron chi connectivity index (χ3n) is 4.21. The van der Waals surface area contributed by atoms with Crippen LogP contribution in [-0.4, -0.2) is 0 Å². The van der Waals surface area contributed by atoms with Crippen molar-refractivity contribution in [2.75, 3.05) is 0 Å². The van der Waals surface area contributed by atoms with Crippen LogP contribution in [0.5, 0.6) is 0 Å². The Labute approximate surface area is 128 Å². The Bertz CT molecular complexity index is 989. The molecule has 3 aromatic carbocycles. The van der Waals surface area contributed by atoms with Crippen LogP contribution in [0.3, 0.4) is 0 Å². The molecule has 4 rings (SSSR count). The van der Waals surface area contributed by atoms with Gasteiger partial charge in [-0.2, -0.15) is 0 Å². The van der Waals surface area contributed by atoms with Crippen molar-refractivity contribution in [2.24, 2.45) is 0 Å². The summed E-state index contributed by atoms with van der Waals surface area (Å²) in [5, 5.41) is 6.77. The number of rotatable bonds is 2. The first-order valence-corrected chi connectivity index (χ1v) is 8.14. The van der Waals surface area contributed by atoms with Gasteiger partial charge in [-0.1, -0.05) is 68.1 Å². The van der Waals surface area contributed by atoms with Crippen molar-refractivity contribution >= 4 is 49.0 Å². The van der Waals surface area contributed by atoms with E-state index in [1.54, 1.807) is 0 Å². The molecule has 0 saturated carbocycles. The second-order valence-electron chi connectivity index (χ2n) is 5.29. The number of hydrogen-bond acceptors (Lipinski definition) is 1. The maximum absolute atomic E-state index is 4.06. The van der Waals surface area contributed by atoms with Crippen LogP contribution in [-0.2, 0) is 6.42 Å². The average Bonchev–Trinajstić information content (AvgIpc) is 2.94. The van der Waals surface area contributed by atoms with Gasteiger partial charge in [0.05, 0.1) is 0 Å². The smallest absolute Gasteiger partial charge is 0.0436 e. The van der Waals surface area contributed by atoms with Crippen LogP contribution in [0, 0.1) is 0 Å². The zero-order valence-corrected chi connectivity index (χ0v) is 12.8. The average molecular weight is 288 g/mol. The lowest BCUT2D eigenvalue weighted by Crippen LogP contribution is -1.81. The van der Waals surface area contributed by atoms with Crippen molar-refractivity contribution in [3.63, 3.8) is 0 Å². The third kappa shape index (κ3) is 1.68. The van der Waals surface area contributed by atoms with Crippen LogP contribution < -0.4 is 0 Å². The number of thiophene rings is 1. The Balaban J connectivity index is 2.41. The molecule has 1 heteroatoms. The summed E-state index contributed by atoms with van der Waals surface area (Å²) in [4.78, 5) is 1.43. The van der Waals surface area contributed by atoms with E-state index in [1.807, 2.05) is 17.4 Å². The second-order valence-corrected chi connectivity index (χ2v) is 6.40. The summed E-state index contributed by atoms with van der Waals surface area (Å²) in [6.45, 7) is 6.28. The zero-order chi connectivity index (χ0) is 14.4. The quantitative estimate of drug-likeness (QED) is 0.374. The number of aryl methyl sites for hydroxylation is 1. The van der Waals surface area contributed by atoms with Gasteiger partial charge in [-0.15, -0.1) is 11.3 Å². The fourth-order valence-corrected chi connectivity index (χ4v) is 4.57. The van der Waals surface area contributed by atoms with Crippen molar-refractivity contribution in [1.82, 2.24) is 0 Å². The molecule has 21 heavy (non-hydrogen) atoms. The summed E-state index contributed by atoms with van der Waals surface area (Å²) in [5.74, 6) is 0. The lowest BCUT2D eigenvalue weighted by molar-refractivity contribution is 1.18. The highest BCUT2D eigenvalue weighted by Gasteiger charge is 2.15. The van der Waals surface area contributed by atoms with Crippen LogP contribution in [0.1, 0.15) is 17.4 Å². The van der Waals surface area contributed by atoms with Gasteiger partial charge in [-0.3, -0.25) is 0 Å². The minimum atomic E-state index is 1.06. The molecule has 1 heterocycles. The summed E-state index contributed by atoms with van der Waals surface area (Å²) < 4.78 is 1.40. The number of hydrogen-bond donors (Lipinski definition) is 0. The predicted octanol–water partition coefficient (Wildman–Crippen LogP) is 6.41. The van der Waals surface area contributed by atoms with Crippen molar-refractivity contribution in [2.45, 2.75) is 13.3 Å².